The molecule has 2 aromatic carbocycles. The van der Waals surface area contributed by atoms with Gasteiger partial charge in [0.25, 0.3) is 0 Å². The van der Waals surface area contributed by atoms with Crippen molar-refractivity contribution in [2.45, 2.75) is 37.5 Å². The van der Waals surface area contributed by atoms with E-state index >= 15 is 0 Å². The summed E-state index contributed by atoms with van der Waals surface area (Å²) in [4.78, 5) is 4.69. The van der Waals surface area contributed by atoms with Crippen LogP contribution in [-0.4, -0.2) is 25.1 Å². The first-order chi connectivity index (χ1) is 14.7. The summed E-state index contributed by atoms with van der Waals surface area (Å²) in [6.07, 6.45) is 1.83. The van der Waals surface area contributed by atoms with E-state index in [0.717, 1.165) is 24.1 Å². The van der Waals surface area contributed by atoms with E-state index in [1.165, 1.54) is 5.56 Å². The quantitative estimate of drug-likeness (QED) is 0.489. The average Bonchev–Trinajstić information content (AvgIpc) is 3.25. The molecule has 3 heterocycles. The maximum atomic E-state index is 6.33. The minimum Gasteiger partial charge on any atom is -0.365 e. The summed E-state index contributed by atoms with van der Waals surface area (Å²) in [6.45, 7) is 0.886. The predicted molar refractivity (Wildman–Crippen MR) is 109 cm³/mol. The molecule has 1 aliphatic carbocycles. The monoisotopic (exact) mass is 419 g/mol. The van der Waals surface area contributed by atoms with Gasteiger partial charge in [-0.05, 0) is 24.5 Å². The zero-order valence-electron chi connectivity index (χ0n) is 16.0. The van der Waals surface area contributed by atoms with Crippen LogP contribution in [0.4, 0.5) is 0 Å². The van der Waals surface area contributed by atoms with Gasteiger partial charge in [-0.15, -0.1) is 5.10 Å². The van der Waals surface area contributed by atoms with E-state index in [-0.39, 0.29) is 11.5 Å². The van der Waals surface area contributed by atoms with E-state index in [9.17, 15) is 0 Å². The Labute approximate surface area is 177 Å². The van der Waals surface area contributed by atoms with Crippen LogP contribution in [0.2, 0.25) is 5.02 Å². The van der Waals surface area contributed by atoms with Gasteiger partial charge in [0.05, 0.1) is 24.3 Å². The lowest BCUT2D eigenvalue weighted by Crippen LogP contribution is -2.22. The highest BCUT2D eigenvalue weighted by molar-refractivity contribution is 6.31. The Morgan fingerprint density at radius 2 is 1.83 bits per heavy atom. The third-order valence-corrected chi connectivity index (χ3v) is 6.32. The first-order valence-corrected chi connectivity index (χ1v) is 10.3. The Morgan fingerprint density at radius 1 is 1.03 bits per heavy atom. The van der Waals surface area contributed by atoms with Crippen LogP contribution in [0.25, 0.3) is 11.5 Å². The fourth-order valence-electron chi connectivity index (χ4n) is 4.13. The first kappa shape index (κ1) is 17.8. The summed E-state index contributed by atoms with van der Waals surface area (Å²) in [5, 5.41) is 13.5. The van der Waals surface area contributed by atoms with Crippen LogP contribution in [-0.2, 0) is 23.3 Å². The third-order valence-electron chi connectivity index (χ3n) is 5.97. The minimum atomic E-state index is -0.175. The molecule has 150 valence electrons. The topological polar surface area (TPSA) is 78.9 Å². The summed E-state index contributed by atoms with van der Waals surface area (Å²) < 4.78 is 13.6. The number of halogens is 1. The van der Waals surface area contributed by atoms with Gasteiger partial charge in [0.15, 0.2) is 5.69 Å². The molecule has 0 saturated heterocycles. The molecule has 1 saturated carbocycles. The molecule has 7 nitrogen and oxygen atoms in total. The molecule has 0 bridgehead atoms. The minimum absolute atomic E-state index is 0.172. The molecule has 0 radical (unpaired) electrons. The first-order valence-electron chi connectivity index (χ1n) is 9.93. The fourth-order valence-corrected chi connectivity index (χ4v) is 4.39. The maximum absolute atomic E-state index is 6.33. The third kappa shape index (κ3) is 2.77. The van der Waals surface area contributed by atoms with E-state index in [1.807, 2.05) is 47.1 Å². The second-order valence-corrected chi connectivity index (χ2v) is 8.17. The SMILES string of the molecule is Clc1ccccc1[C@H]1Cn2nnc(-c3noc(C4(c5ccccc5)CC4)n3)c2CO1. The number of aromatic nitrogens is 5. The molecule has 1 aliphatic heterocycles. The lowest BCUT2D eigenvalue weighted by Gasteiger charge is -2.24. The van der Waals surface area contributed by atoms with Gasteiger partial charge in [-0.25, -0.2) is 4.68 Å². The number of hydrogen-bond acceptors (Lipinski definition) is 6. The van der Waals surface area contributed by atoms with Gasteiger partial charge in [-0.2, -0.15) is 4.98 Å². The highest BCUT2D eigenvalue weighted by Gasteiger charge is 2.51. The van der Waals surface area contributed by atoms with Gasteiger partial charge in [0.1, 0.15) is 6.10 Å². The molecule has 6 rings (SSSR count). The van der Waals surface area contributed by atoms with Gasteiger partial charge in [-0.3, -0.25) is 0 Å². The highest BCUT2D eigenvalue weighted by atomic mass is 35.5. The van der Waals surface area contributed by atoms with Crippen molar-refractivity contribution in [1.29, 1.82) is 0 Å². The fraction of sp³-hybridized carbons (Fsp3) is 0.273. The molecule has 0 N–H and O–H groups in total. The smallest absolute Gasteiger partial charge is 0.237 e. The van der Waals surface area contributed by atoms with Crippen molar-refractivity contribution in [2.75, 3.05) is 0 Å². The van der Waals surface area contributed by atoms with E-state index in [0.29, 0.717) is 35.6 Å². The van der Waals surface area contributed by atoms with E-state index < -0.39 is 0 Å². The molecule has 4 aromatic rings. The van der Waals surface area contributed by atoms with Crippen LogP contribution in [0.3, 0.4) is 0 Å². The maximum Gasteiger partial charge on any atom is 0.237 e. The Bertz CT molecular complexity index is 1220. The number of rotatable bonds is 4. The van der Waals surface area contributed by atoms with Crippen LogP contribution in [0.15, 0.2) is 59.1 Å². The van der Waals surface area contributed by atoms with Crippen molar-refractivity contribution in [1.82, 2.24) is 25.1 Å². The number of benzene rings is 2. The van der Waals surface area contributed by atoms with Crippen molar-refractivity contribution < 1.29 is 9.26 Å². The van der Waals surface area contributed by atoms with Crippen molar-refractivity contribution in [3.63, 3.8) is 0 Å². The number of nitrogens with zero attached hydrogens (tertiary/aromatic N) is 5. The van der Waals surface area contributed by atoms with Gasteiger partial charge in [-0.1, -0.05) is 70.5 Å². The van der Waals surface area contributed by atoms with Crippen molar-refractivity contribution in [2.24, 2.45) is 0 Å². The van der Waals surface area contributed by atoms with E-state index in [2.05, 4.69) is 27.6 Å². The summed E-state index contributed by atoms with van der Waals surface area (Å²) in [5.74, 6) is 1.09. The molecule has 0 amide bonds. The molecule has 2 aliphatic rings. The Balaban J connectivity index is 1.29. The standard InChI is InChI=1S/C22H18ClN5O2/c23-16-9-5-4-8-15(16)18-12-28-17(13-29-18)19(25-27-28)20-24-21(30-26-20)22(10-11-22)14-6-2-1-3-7-14/h1-9,18H,10-13H2/t18-/m1/s1. The largest absolute Gasteiger partial charge is 0.365 e. The molecular formula is C22H18ClN5O2. The Hall–Kier alpha value is -3.03. The number of fused-ring (bicyclic) bond motifs is 1. The lowest BCUT2D eigenvalue weighted by atomic mass is 9.96. The zero-order valence-corrected chi connectivity index (χ0v) is 16.8. The summed E-state index contributed by atoms with van der Waals surface area (Å²) in [5.41, 5.74) is 3.42. The van der Waals surface area contributed by atoms with Gasteiger partial charge >= 0.3 is 0 Å². The number of ether oxygens (including phenoxy) is 1. The summed E-state index contributed by atoms with van der Waals surface area (Å²) in [6, 6.07) is 18.0. The molecule has 8 heteroatoms. The molecule has 1 fully saturated rings. The number of hydrogen-bond donors (Lipinski definition) is 0. The van der Waals surface area contributed by atoms with Crippen LogP contribution in [0.5, 0.6) is 0 Å². The van der Waals surface area contributed by atoms with Crippen LogP contribution in [0.1, 0.15) is 41.7 Å². The summed E-state index contributed by atoms with van der Waals surface area (Å²) >= 11 is 6.33. The molecule has 0 unspecified atom stereocenters. The second-order valence-electron chi connectivity index (χ2n) is 7.76. The highest BCUT2D eigenvalue weighted by Crippen LogP contribution is 2.53. The normalized spacial score (nSPS) is 19.4. The van der Waals surface area contributed by atoms with Crippen LogP contribution >= 0.6 is 11.6 Å². The average molecular weight is 420 g/mol. The predicted octanol–water partition coefficient (Wildman–Crippen LogP) is 4.33. The lowest BCUT2D eigenvalue weighted by molar-refractivity contribution is -0.00106. The van der Waals surface area contributed by atoms with Crippen LogP contribution < -0.4 is 0 Å². The molecule has 0 spiro atoms. The Kier molecular flexibility index (Phi) is 4.01. The van der Waals surface area contributed by atoms with E-state index in [1.54, 1.807) is 0 Å². The van der Waals surface area contributed by atoms with Gasteiger partial charge in [0, 0.05) is 10.6 Å². The van der Waals surface area contributed by atoms with E-state index in [4.69, 9.17) is 25.8 Å². The molecule has 1 atom stereocenters. The summed E-state index contributed by atoms with van der Waals surface area (Å²) in [7, 11) is 0. The molecular weight excluding hydrogens is 402 g/mol. The van der Waals surface area contributed by atoms with Crippen molar-refractivity contribution in [3.8, 4) is 11.5 Å². The van der Waals surface area contributed by atoms with Crippen LogP contribution in [0, 0.1) is 0 Å². The van der Waals surface area contributed by atoms with Gasteiger partial charge < -0.3 is 9.26 Å². The molecule has 30 heavy (non-hydrogen) atoms. The van der Waals surface area contributed by atoms with Crippen molar-refractivity contribution >= 4 is 11.6 Å². The molecule has 2 aromatic heterocycles. The Morgan fingerprint density at radius 3 is 2.63 bits per heavy atom. The zero-order chi connectivity index (χ0) is 20.1. The van der Waals surface area contributed by atoms with Crippen molar-refractivity contribution in [3.05, 3.63) is 82.3 Å². The van der Waals surface area contributed by atoms with Gasteiger partial charge in [0.2, 0.25) is 11.7 Å². The second kappa shape index (κ2) is 6.75.